The highest BCUT2D eigenvalue weighted by molar-refractivity contribution is 7.12. The van der Waals surface area contributed by atoms with Crippen molar-refractivity contribution in [2.45, 2.75) is 40.3 Å². The Balaban J connectivity index is 2.04. The zero-order chi connectivity index (χ0) is 16.1. The summed E-state index contributed by atoms with van der Waals surface area (Å²) in [4.78, 5) is 2.76. The molecule has 0 saturated heterocycles. The standard InChI is InChI=1S/C18H25NO2S/c1-6-21-18-10-15(7-8-17(18)20-5)11-19-13(3)16-9-12(2)22-14(16)4/h7-10,13,19H,6,11H2,1-5H3. The van der Waals surface area contributed by atoms with Gasteiger partial charge in [0.1, 0.15) is 0 Å². The molecule has 0 saturated carbocycles. The molecule has 0 aliphatic heterocycles. The molecule has 0 aliphatic rings. The van der Waals surface area contributed by atoms with E-state index in [4.69, 9.17) is 9.47 Å². The lowest BCUT2D eigenvalue weighted by Crippen LogP contribution is -2.18. The first-order valence-corrected chi connectivity index (χ1v) is 8.46. The molecule has 0 bridgehead atoms. The number of benzene rings is 1. The molecule has 0 fully saturated rings. The molecule has 4 heteroatoms. The molecule has 0 aliphatic carbocycles. The molecule has 1 aromatic heterocycles. The molecular formula is C18H25NO2S. The van der Waals surface area contributed by atoms with Crippen LogP contribution in [0.2, 0.25) is 0 Å². The molecule has 3 nitrogen and oxygen atoms in total. The molecule has 1 N–H and O–H groups in total. The van der Waals surface area contributed by atoms with Crippen LogP contribution in [-0.4, -0.2) is 13.7 Å². The third kappa shape index (κ3) is 4.02. The summed E-state index contributed by atoms with van der Waals surface area (Å²) in [5, 5.41) is 3.59. The first-order chi connectivity index (χ1) is 10.5. The van der Waals surface area contributed by atoms with Gasteiger partial charge in [0.2, 0.25) is 0 Å². The Kier molecular flexibility index (Phi) is 5.86. The maximum absolute atomic E-state index is 5.63. The van der Waals surface area contributed by atoms with Crippen LogP contribution in [0.1, 0.15) is 40.8 Å². The number of thiophene rings is 1. The Morgan fingerprint density at radius 1 is 1.18 bits per heavy atom. The van der Waals surface area contributed by atoms with E-state index in [1.54, 1.807) is 7.11 Å². The minimum atomic E-state index is 0.336. The van der Waals surface area contributed by atoms with Crippen molar-refractivity contribution >= 4 is 11.3 Å². The van der Waals surface area contributed by atoms with Gasteiger partial charge in [0.15, 0.2) is 11.5 Å². The number of rotatable bonds is 7. The largest absolute Gasteiger partial charge is 0.493 e. The third-order valence-electron chi connectivity index (χ3n) is 3.69. The minimum absolute atomic E-state index is 0.336. The number of hydrogen-bond acceptors (Lipinski definition) is 4. The fourth-order valence-corrected chi connectivity index (χ4v) is 3.58. The minimum Gasteiger partial charge on any atom is -0.493 e. The van der Waals surface area contributed by atoms with Gasteiger partial charge in [0, 0.05) is 22.3 Å². The molecule has 0 spiro atoms. The van der Waals surface area contributed by atoms with Crippen molar-refractivity contribution in [3.8, 4) is 11.5 Å². The smallest absolute Gasteiger partial charge is 0.161 e. The van der Waals surface area contributed by atoms with Crippen LogP contribution in [0, 0.1) is 13.8 Å². The van der Waals surface area contributed by atoms with Crippen LogP contribution in [0.3, 0.4) is 0 Å². The Morgan fingerprint density at radius 3 is 2.55 bits per heavy atom. The highest BCUT2D eigenvalue weighted by Crippen LogP contribution is 2.29. The number of hydrogen-bond donors (Lipinski definition) is 1. The average molecular weight is 319 g/mol. The van der Waals surface area contributed by atoms with Crippen molar-refractivity contribution in [3.63, 3.8) is 0 Å². The Hall–Kier alpha value is -1.52. The van der Waals surface area contributed by atoms with Crippen molar-refractivity contribution in [1.29, 1.82) is 0 Å². The van der Waals surface area contributed by atoms with Gasteiger partial charge < -0.3 is 14.8 Å². The van der Waals surface area contributed by atoms with Crippen LogP contribution in [-0.2, 0) is 6.54 Å². The normalized spacial score (nSPS) is 12.2. The Bertz CT molecular complexity index is 622. The second-order valence-electron chi connectivity index (χ2n) is 5.39. The summed E-state index contributed by atoms with van der Waals surface area (Å²) in [5.74, 6) is 1.59. The summed E-state index contributed by atoms with van der Waals surface area (Å²) >= 11 is 1.86. The maximum Gasteiger partial charge on any atom is 0.161 e. The van der Waals surface area contributed by atoms with Gasteiger partial charge in [-0.25, -0.2) is 0 Å². The van der Waals surface area contributed by atoms with Crippen molar-refractivity contribution < 1.29 is 9.47 Å². The maximum atomic E-state index is 5.63. The molecule has 1 unspecified atom stereocenters. The van der Waals surface area contributed by atoms with E-state index in [1.807, 2.05) is 30.4 Å². The zero-order valence-corrected chi connectivity index (χ0v) is 14.8. The van der Waals surface area contributed by atoms with E-state index < -0.39 is 0 Å². The second kappa shape index (κ2) is 7.65. The number of ether oxygens (including phenoxy) is 2. The zero-order valence-electron chi connectivity index (χ0n) is 14.0. The summed E-state index contributed by atoms with van der Waals surface area (Å²) in [6.07, 6.45) is 0. The SMILES string of the molecule is CCOc1cc(CNC(C)c2cc(C)sc2C)ccc1OC. The summed E-state index contributed by atoms with van der Waals surface area (Å²) in [6.45, 7) is 9.98. The first-order valence-electron chi connectivity index (χ1n) is 7.65. The van der Waals surface area contributed by atoms with Crippen molar-refractivity contribution in [3.05, 3.63) is 45.1 Å². The highest BCUT2D eigenvalue weighted by Gasteiger charge is 2.11. The summed E-state index contributed by atoms with van der Waals surface area (Å²) < 4.78 is 11.0. The first kappa shape index (κ1) is 16.8. The van der Waals surface area contributed by atoms with E-state index in [0.717, 1.165) is 18.0 Å². The molecule has 1 atom stereocenters. The average Bonchev–Trinajstić information content (AvgIpc) is 2.84. The fraction of sp³-hybridized carbons (Fsp3) is 0.444. The van der Waals surface area contributed by atoms with Crippen LogP contribution in [0.25, 0.3) is 0 Å². The van der Waals surface area contributed by atoms with Crippen LogP contribution in [0.4, 0.5) is 0 Å². The third-order valence-corrected chi connectivity index (χ3v) is 4.67. The number of nitrogens with one attached hydrogen (secondary N) is 1. The summed E-state index contributed by atoms with van der Waals surface area (Å²) in [5.41, 5.74) is 2.58. The van der Waals surface area contributed by atoms with Gasteiger partial charge in [-0.3, -0.25) is 0 Å². The van der Waals surface area contributed by atoms with E-state index >= 15 is 0 Å². The van der Waals surface area contributed by atoms with Gasteiger partial charge in [-0.05, 0) is 57.0 Å². The number of methoxy groups -OCH3 is 1. The molecule has 0 amide bonds. The molecule has 1 heterocycles. The molecule has 2 aromatic rings. The molecule has 1 aromatic carbocycles. The lowest BCUT2D eigenvalue weighted by atomic mass is 10.1. The molecule has 0 radical (unpaired) electrons. The lowest BCUT2D eigenvalue weighted by Gasteiger charge is -2.15. The Labute approximate surface area is 137 Å². The van der Waals surface area contributed by atoms with E-state index in [9.17, 15) is 0 Å². The predicted molar refractivity (Wildman–Crippen MR) is 93.2 cm³/mol. The predicted octanol–water partition coefficient (Wildman–Crippen LogP) is 4.62. The molecule has 22 heavy (non-hydrogen) atoms. The van der Waals surface area contributed by atoms with E-state index in [1.165, 1.54) is 20.9 Å². The van der Waals surface area contributed by atoms with Crippen LogP contribution < -0.4 is 14.8 Å². The van der Waals surface area contributed by atoms with E-state index in [-0.39, 0.29) is 0 Å². The monoisotopic (exact) mass is 319 g/mol. The fourth-order valence-electron chi connectivity index (χ4n) is 2.56. The molecule has 2 rings (SSSR count). The quantitative estimate of drug-likeness (QED) is 0.807. The summed E-state index contributed by atoms with van der Waals surface area (Å²) in [6, 6.07) is 8.70. The van der Waals surface area contributed by atoms with Crippen molar-refractivity contribution in [1.82, 2.24) is 5.32 Å². The second-order valence-corrected chi connectivity index (χ2v) is 6.85. The van der Waals surface area contributed by atoms with Gasteiger partial charge >= 0.3 is 0 Å². The number of aryl methyl sites for hydroxylation is 2. The Morgan fingerprint density at radius 2 is 1.95 bits per heavy atom. The van der Waals surface area contributed by atoms with E-state index in [0.29, 0.717) is 12.6 Å². The topological polar surface area (TPSA) is 30.5 Å². The molecular weight excluding hydrogens is 294 g/mol. The van der Waals surface area contributed by atoms with Crippen LogP contribution >= 0.6 is 11.3 Å². The highest BCUT2D eigenvalue weighted by atomic mass is 32.1. The van der Waals surface area contributed by atoms with Gasteiger partial charge in [-0.1, -0.05) is 6.07 Å². The van der Waals surface area contributed by atoms with Crippen molar-refractivity contribution in [2.75, 3.05) is 13.7 Å². The lowest BCUT2D eigenvalue weighted by molar-refractivity contribution is 0.310. The molecule has 120 valence electrons. The van der Waals surface area contributed by atoms with Crippen LogP contribution in [0.5, 0.6) is 11.5 Å². The van der Waals surface area contributed by atoms with Gasteiger partial charge in [-0.2, -0.15) is 0 Å². The van der Waals surface area contributed by atoms with Gasteiger partial charge in [-0.15, -0.1) is 11.3 Å². The van der Waals surface area contributed by atoms with Crippen LogP contribution in [0.15, 0.2) is 24.3 Å². The van der Waals surface area contributed by atoms with Crippen molar-refractivity contribution in [2.24, 2.45) is 0 Å². The van der Waals surface area contributed by atoms with E-state index in [2.05, 4.69) is 38.2 Å². The summed E-state index contributed by atoms with van der Waals surface area (Å²) in [7, 11) is 1.67. The van der Waals surface area contributed by atoms with Gasteiger partial charge in [0.25, 0.3) is 0 Å². The van der Waals surface area contributed by atoms with Gasteiger partial charge in [0.05, 0.1) is 13.7 Å².